The first-order chi connectivity index (χ1) is 10.6. The summed E-state index contributed by atoms with van der Waals surface area (Å²) in [6, 6.07) is 8.13. The first-order valence-corrected chi connectivity index (χ1v) is 7.94. The van der Waals surface area contributed by atoms with Crippen molar-refractivity contribution in [3.8, 4) is 0 Å². The largest absolute Gasteiger partial charge is 0.481 e. The van der Waals surface area contributed by atoms with Crippen molar-refractivity contribution in [3.63, 3.8) is 0 Å². The number of rotatable bonds is 6. The van der Waals surface area contributed by atoms with Crippen molar-refractivity contribution in [1.29, 1.82) is 0 Å². The van der Waals surface area contributed by atoms with Crippen LogP contribution in [0.5, 0.6) is 0 Å². The van der Waals surface area contributed by atoms with Gasteiger partial charge in [-0.25, -0.2) is 0 Å². The minimum Gasteiger partial charge on any atom is -0.481 e. The van der Waals surface area contributed by atoms with Crippen LogP contribution in [0.2, 0.25) is 0 Å². The molecule has 0 bridgehead atoms. The Labute approximate surface area is 132 Å². The molecule has 1 N–H and O–H groups in total. The van der Waals surface area contributed by atoms with E-state index in [0.29, 0.717) is 19.3 Å². The lowest BCUT2D eigenvalue weighted by Crippen LogP contribution is -2.27. The lowest BCUT2D eigenvalue weighted by molar-refractivity contribution is -0.142. The molecule has 4 heteroatoms. The SMILES string of the molecule is CC.COC(=O)CC1(CCCC(=O)O)CCc2ccccc21. The Kier molecular flexibility index (Phi) is 7.09. The van der Waals surface area contributed by atoms with Crippen molar-refractivity contribution in [2.24, 2.45) is 0 Å². The van der Waals surface area contributed by atoms with E-state index in [2.05, 4.69) is 12.1 Å². The number of methoxy groups -OCH3 is 1. The van der Waals surface area contributed by atoms with Crippen LogP contribution in [0, 0.1) is 0 Å². The van der Waals surface area contributed by atoms with Crippen molar-refractivity contribution >= 4 is 11.9 Å². The van der Waals surface area contributed by atoms with Crippen LogP contribution in [-0.2, 0) is 26.2 Å². The molecule has 2 rings (SSSR count). The van der Waals surface area contributed by atoms with Crippen LogP contribution in [0.25, 0.3) is 0 Å². The molecular formula is C18H26O4. The number of aliphatic carboxylic acids is 1. The van der Waals surface area contributed by atoms with Crippen LogP contribution in [0.3, 0.4) is 0 Å². The van der Waals surface area contributed by atoms with Crippen LogP contribution >= 0.6 is 0 Å². The summed E-state index contributed by atoms with van der Waals surface area (Å²) in [6.07, 6.45) is 3.61. The minimum atomic E-state index is -0.787. The molecule has 0 aliphatic heterocycles. The molecule has 1 aliphatic carbocycles. The molecule has 1 aliphatic rings. The lowest BCUT2D eigenvalue weighted by atomic mass is 9.75. The lowest BCUT2D eigenvalue weighted by Gasteiger charge is -2.29. The molecule has 0 radical (unpaired) electrons. The molecule has 0 heterocycles. The van der Waals surface area contributed by atoms with E-state index in [0.717, 1.165) is 12.8 Å². The number of hydrogen-bond acceptors (Lipinski definition) is 3. The Morgan fingerprint density at radius 3 is 2.59 bits per heavy atom. The molecule has 1 aromatic carbocycles. The number of ether oxygens (including phenoxy) is 1. The zero-order chi connectivity index (χ0) is 16.6. The van der Waals surface area contributed by atoms with Crippen LogP contribution < -0.4 is 0 Å². The van der Waals surface area contributed by atoms with Gasteiger partial charge in [0.05, 0.1) is 13.5 Å². The van der Waals surface area contributed by atoms with E-state index in [1.54, 1.807) is 0 Å². The predicted octanol–water partition coefficient (Wildman–Crippen LogP) is 3.71. The zero-order valence-corrected chi connectivity index (χ0v) is 13.7. The van der Waals surface area contributed by atoms with Crippen molar-refractivity contribution < 1.29 is 19.4 Å². The number of benzene rings is 1. The Hall–Kier alpha value is -1.84. The van der Waals surface area contributed by atoms with Crippen LogP contribution in [0.4, 0.5) is 0 Å². The summed E-state index contributed by atoms with van der Waals surface area (Å²) < 4.78 is 4.82. The van der Waals surface area contributed by atoms with E-state index in [-0.39, 0.29) is 17.8 Å². The van der Waals surface area contributed by atoms with Gasteiger partial charge in [-0.3, -0.25) is 9.59 Å². The van der Waals surface area contributed by atoms with Crippen molar-refractivity contribution in [2.45, 2.75) is 57.8 Å². The number of fused-ring (bicyclic) bond motifs is 1. The molecule has 0 saturated heterocycles. The molecule has 1 aromatic rings. The van der Waals surface area contributed by atoms with Crippen molar-refractivity contribution in [1.82, 2.24) is 0 Å². The number of hydrogen-bond donors (Lipinski definition) is 1. The fourth-order valence-corrected chi connectivity index (χ4v) is 3.22. The van der Waals surface area contributed by atoms with Crippen molar-refractivity contribution in [2.75, 3.05) is 7.11 Å². The van der Waals surface area contributed by atoms with Gasteiger partial charge in [-0.15, -0.1) is 0 Å². The van der Waals surface area contributed by atoms with E-state index in [9.17, 15) is 9.59 Å². The molecule has 0 fully saturated rings. The van der Waals surface area contributed by atoms with E-state index in [1.807, 2.05) is 26.0 Å². The normalized spacial score (nSPS) is 18.9. The third-order valence-corrected chi connectivity index (χ3v) is 4.22. The maximum Gasteiger partial charge on any atom is 0.306 e. The van der Waals surface area contributed by atoms with Gasteiger partial charge in [0, 0.05) is 11.8 Å². The predicted molar refractivity (Wildman–Crippen MR) is 85.9 cm³/mol. The third kappa shape index (κ3) is 4.33. The molecule has 122 valence electrons. The summed E-state index contributed by atoms with van der Waals surface area (Å²) >= 11 is 0. The first-order valence-electron chi connectivity index (χ1n) is 7.94. The van der Waals surface area contributed by atoms with Crippen LogP contribution in [0.15, 0.2) is 24.3 Å². The van der Waals surface area contributed by atoms with Gasteiger partial charge in [0.1, 0.15) is 0 Å². The summed E-state index contributed by atoms with van der Waals surface area (Å²) in [4.78, 5) is 22.5. The number of carboxylic acids is 1. The summed E-state index contributed by atoms with van der Waals surface area (Å²) in [5.41, 5.74) is 2.21. The Bertz CT molecular complexity index is 510. The van der Waals surface area contributed by atoms with E-state index >= 15 is 0 Å². The second-order valence-electron chi connectivity index (χ2n) is 5.44. The standard InChI is InChI=1S/C16H20O4.C2H6/c1-20-15(19)11-16(9-4-7-14(17)18)10-8-12-5-2-3-6-13(12)16;1-2/h2-3,5-6H,4,7-11H2,1H3,(H,17,18);1-2H3. The summed E-state index contributed by atoms with van der Waals surface area (Å²) in [5, 5.41) is 8.80. The van der Waals surface area contributed by atoms with Gasteiger partial charge in [0.2, 0.25) is 0 Å². The molecule has 1 atom stereocenters. The van der Waals surface area contributed by atoms with E-state index < -0.39 is 5.97 Å². The number of esters is 1. The van der Waals surface area contributed by atoms with Gasteiger partial charge >= 0.3 is 11.9 Å². The molecule has 0 aromatic heterocycles. The monoisotopic (exact) mass is 306 g/mol. The van der Waals surface area contributed by atoms with Crippen molar-refractivity contribution in [3.05, 3.63) is 35.4 Å². The minimum absolute atomic E-state index is 0.144. The number of aryl methyl sites for hydroxylation is 1. The second-order valence-corrected chi connectivity index (χ2v) is 5.44. The number of carbonyl (C=O) groups excluding carboxylic acids is 1. The molecule has 1 unspecified atom stereocenters. The summed E-state index contributed by atoms with van der Waals surface area (Å²) in [7, 11) is 1.40. The topological polar surface area (TPSA) is 63.6 Å². The quantitative estimate of drug-likeness (QED) is 0.814. The maximum atomic E-state index is 11.7. The maximum absolute atomic E-state index is 11.7. The molecule has 0 saturated carbocycles. The highest BCUT2D eigenvalue weighted by atomic mass is 16.5. The van der Waals surface area contributed by atoms with Gasteiger partial charge in [0.15, 0.2) is 0 Å². The summed E-state index contributed by atoms with van der Waals surface area (Å²) in [6.45, 7) is 4.00. The van der Waals surface area contributed by atoms with Gasteiger partial charge in [-0.05, 0) is 36.8 Å². The summed E-state index contributed by atoms with van der Waals surface area (Å²) in [5.74, 6) is -1.01. The van der Waals surface area contributed by atoms with Gasteiger partial charge in [0.25, 0.3) is 0 Å². The average Bonchev–Trinajstić information content (AvgIpc) is 2.88. The fourth-order valence-electron chi connectivity index (χ4n) is 3.22. The Morgan fingerprint density at radius 2 is 1.95 bits per heavy atom. The molecule has 0 spiro atoms. The number of carboxylic acid groups (broad SMARTS) is 1. The molecule has 22 heavy (non-hydrogen) atoms. The van der Waals surface area contributed by atoms with Gasteiger partial charge in [-0.1, -0.05) is 38.1 Å². The second kappa shape index (κ2) is 8.57. The highest BCUT2D eigenvalue weighted by Gasteiger charge is 2.40. The van der Waals surface area contributed by atoms with Crippen LogP contribution in [-0.4, -0.2) is 24.2 Å². The van der Waals surface area contributed by atoms with Gasteiger partial charge < -0.3 is 9.84 Å². The molecule has 4 nitrogen and oxygen atoms in total. The Balaban J connectivity index is 0.00000116. The average molecular weight is 306 g/mol. The zero-order valence-electron chi connectivity index (χ0n) is 13.7. The third-order valence-electron chi connectivity index (χ3n) is 4.22. The molecule has 0 amide bonds. The van der Waals surface area contributed by atoms with Gasteiger partial charge in [-0.2, -0.15) is 0 Å². The number of carbonyl (C=O) groups is 2. The van der Waals surface area contributed by atoms with E-state index in [4.69, 9.17) is 9.84 Å². The Morgan fingerprint density at radius 1 is 1.27 bits per heavy atom. The molecular weight excluding hydrogens is 280 g/mol. The smallest absolute Gasteiger partial charge is 0.306 e. The van der Waals surface area contributed by atoms with E-state index in [1.165, 1.54) is 18.2 Å². The fraction of sp³-hybridized carbons (Fsp3) is 0.556. The van der Waals surface area contributed by atoms with Crippen LogP contribution in [0.1, 0.15) is 57.1 Å². The highest BCUT2D eigenvalue weighted by Crippen LogP contribution is 2.45. The first kappa shape index (κ1) is 18.2. The highest BCUT2D eigenvalue weighted by molar-refractivity contribution is 5.72.